The maximum atomic E-state index is 12.2. The molecule has 0 spiro atoms. The smallest absolute Gasteiger partial charge is 0.255 e. The summed E-state index contributed by atoms with van der Waals surface area (Å²) in [7, 11) is 0. The molecular weight excluding hydrogens is 276 g/mol. The third-order valence-electron chi connectivity index (χ3n) is 3.95. The molecule has 0 aliphatic rings. The molecule has 0 saturated heterocycles. The van der Waals surface area contributed by atoms with Crippen molar-refractivity contribution in [3.8, 4) is 0 Å². The molecular formula is C18H24N2O2. The highest BCUT2D eigenvalue weighted by Crippen LogP contribution is 2.13. The van der Waals surface area contributed by atoms with Crippen LogP contribution in [0.3, 0.4) is 0 Å². The normalized spacial score (nSPS) is 10.9. The summed E-state index contributed by atoms with van der Waals surface area (Å²) >= 11 is 0. The van der Waals surface area contributed by atoms with Crippen molar-refractivity contribution in [3.63, 3.8) is 0 Å². The zero-order valence-electron chi connectivity index (χ0n) is 13.6. The number of aryl methyl sites for hydroxylation is 1. The van der Waals surface area contributed by atoms with E-state index in [2.05, 4.69) is 36.2 Å². The van der Waals surface area contributed by atoms with Gasteiger partial charge in [0, 0.05) is 13.1 Å². The number of rotatable bonds is 7. The maximum absolute atomic E-state index is 12.2. The SMILES string of the molecule is CCN(CC)Cc1ccccc1CNC(=O)c1ccoc1C. The summed E-state index contributed by atoms with van der Waals surface area (Å²) in [4.78, 5) is 14.5. The van der Waals surface area contributed by atoms with E-state index in [0.29, 0.717) is 17.9 Å². The van der Waals surface area contributed by atoms with E-state index in [1.165, 1.54) is 5.56 Å². The number of carbonyl (C=O) groups is 1. The third kappa shape index (κ3) is 3.98. The largest absolute Gasteiger partial charge is 0.469 e. The number of furan rings is 1. The summed E-state index contributed by atoms with van der Waals surface area (Å²) in [5.41, 5.74) is 3.01. The molecule has 2 aromatic rings. The van der Waals surface area contributed by atoms with Crippen LogP contribution in [0.5, 0.6) is 0 Å². The van der Waals surface area contributed by atoms with Crippen molar-refractivity contribution < 1.29 is 9.21 Å². The first-order valence-corrected chi connectivity index (χ1v) is 7.77. The van der Waals surface area contributed by atoms with E-state index in [1.807, 2.05) is 12.1 Å². The summed E-state index contributed by atoms with van der Waals surface area (Å²) in [5.74, 6) is 0.554. The Morgan fingerprint density at radius 3 is 2.41 bits per heavy atom. The molecule has 1 aromatic heterocycles. The molecule has 1 aromatic carbocycles. The fraction of sp³-hybridized carbons (Fsp3) is 0.389. The van der Waals surface area contributed by atoms with E-state index in [-0.39, 0.29) is 5.91 Å². The molecule has 22 heavy (non-hydrogen) atoms. The van der Waals surface area contributed by atoms with Gasteiger partial charge in [0.2, 0.25) is 0 Å². The van der Waals surface area contributed by atoms with Gasteiger partial charge in [-0.1, -0.05) is 38.1 Å². The van der Waals surface area contributed by atoms with Crippen molar-refractivity contribution in [2.75, 3.05) is 13.1 Å². The average Bonchev–Trinajstić information content (AvgIpc) is 2.97. The molecule has 1 heterocycles. The second-order valence-electron chi connectivity index (χ2n) is 5.30. The highest BCUT2D eigenvalue weighted by Gasteiger charge is 2.12. The maximum Gasteiger partial charge on any atom is 0.255 e. The van der Waals surface area contributed by atoms with Gasteiger partial charge in [-0.25, -0.2) is 0 Å². The number of nitrogens with one attached hydrogen (secondary N) is 1. The number of carbonyl (C=O) groups excluding carboxylic acids is 1. The summed E-state index contributed by atoms with van der Waals surface area (Å²) < 4.78 is 5.18. The molecule has 0 aliphatic heterocycles. The summed E-state index contributed by atoms with van der Waals surface area (Å²) in [6.07, 6.45) is 1.54. The first-order chi connectivity index (χ1) is 10.7. The van der Waals surface area contributed by atoms with Crippen molar-refractivity contribution in [1.29, 1.82) is 0 Å². The quantitative estimate of drug-likeness (QED) is 0.853. The second-order valence-corrected chi connectivity index (χ2v) is 5.30. The van der Waals surface area contributed by atoms with Crippen LogP contribution in [0.4, 0.5) is 0 Å². The van der Waals surface area contributed by atoms with Crippen LogP contribution in [-0.2, 0) is 13.1 Å². The van der Waals surface area contributed by atoms with E-state index in [0.717, 1.165) is 25.2 Å². The number of hydrogen-bond acceptors (Lipinski definition) is 3. The van der Waals surface area contributed by atoms with Crippen LogP contribution in [0.1, 0.15) is 41.1 Å². The zero-order valence-corrected chi connectivity index (χ0v) is 13.6. The second kappa shape index (κ2) is 7.80. The van der Waals surface area contributed by atoms with Crippen molar-refractivity contribution in [2.45, 2.75) is 33.9 Å². The first-order valence-electron chi connectivity index (χ1n) is 7.77. The molecule has 2 rings (SSSR count). The van der Waals surface area contributed by atoms with Gasteiger partial charge in [-0.2, -0.15) is 0 Å². The molecule has 0 atom stereocenters. The lowest BCUT2D eigenvalue weighted by Crippen LogP contribution is -2.26. The molecule has 0 saturated carbocycles. The number of amides is 1. The van der Waals surface area contributed by atoms with Gasteiger partial charge in [-0.15, -0.1) is 0 Å². The Morgan fingerprint density at radius 1 is 1.14 bits per heavy atom. The first kappa shape index (κ1) is 16.3. The van der Waals surface area contributed by atoms with E-state index in [9.17, 15) is 4.79 Å². The summed E-state index contributed by atoms with van der Waals surface area (Å²) in [6.45, 7) is 9.59. The van der Waals surface area contributed by atoms with Gasteiger partial charge < -0.3 is 9.73 Å². The molecule has 0 bridgehead atoms. The van der Waals surface area contributed by atoms with Gasteiger partial charge >= 0.3 is 0 Å². The van der Waals surface area contributed by atoms with Gasteiger partial charge in [-0.3, -0.25) is 9.69 Å². The van der Waals surface area contributed by atoms with Gasteiger partial charge in [0.25, 0.3) is 5.91 Å². The minimum Gasteiger partial charge on any atom is -0.469 e. The van der Waals surface area contributed by atoms with Gasteiger partial charge in [0.15, 0.2) is 0 Å². The van der Waals surface area contributed by atoms with Crippen molar-refractivity contribution in [1.82, 2.24) is 10.2 Å². The molecule has 0 radical (unpaired) electrons. The lowest BCUT2D eigenvalue weighted by atomic mass is 10.1. The van der Waals surface area contributed by atoms with E-state index < -0.39 is 0 Å². The van der Waals surface area contributed by atoms with Crippen molar-refractivity contribution >= 4 is 5.91 Å². The molecule has 0 unspecified atom stereocenters. The Balaban J connectivity index is 2.04. The predicted molar refractivity (Wildman–Crippen MR) is 87.7 cm³/mol. The molecule has 118 valence electrons. The van der Waals surface area contributed by atoms with Gasteiger partial charge in [0.1, 0.15) is 5.76 Å². The van der Waals surface area contributed by atoms with Crippen LogP contribution in [-0.4, -0.2) is 23.9 Å². The zero-order chi connectivity index (χ0) is 15.9. The Hall–Kier alpha value is -2.07. The summed E-state index contributed by atoms with van der Waals surface area (Å²) in [5, 5.41) is 2.97. The lowest BCUT2D eigenvalue weighted by molar-refractivity contribution is 0.0949. The fourth-order valence-electron chi connectivity index (χ4n) is 2.46. The van der Waals surface area contributed by atoms with Crippen molar-refractivity contribution in [2.24, 2.45) is 0 Å². The van der Waals surface area contributed by atoms with Gasteiger partial charge in [0.05, 0.1) is 11.8 Å². The standard InChI is InChI=1S/C18H24N2O2/c1-4-20(5-2)13-16-9-7-6-8-15(16)12-19-18(21)17-10-11-22-14(17)3/h6-11H,4-5,12-13H2,1-3H3,(H,19,21). The molecule has 1 amide bonds. The highest BCUT2D eigenvalue weighted by molar-refractivity contribution is 5.94. The number of nitrogens with zero attached hydrogens (tertiary/aromatic N) is 1. The minimum absolute atomic E-state index is 0.0936. The number of hydrogen-bond donors (Lipinski definition) is 1. The molecule has 0 fully saturated rings. The monoisotopic (exact) mass is 300 g/mol. The number of benzene rings is 1. The minimum atomic E-state index is -0.0936. The predicted octanol–water partition coefficient (Wildman–Crippen LogP) is 3.36. The van der Waals surface area contributed by atoms with E-state index >= 15 is 0 Å². The van der Waals surface area contributed by atoms with Crippen molar-refractivity contribution in [3.05, 3.63) is 59.0 Å². The van der Waals surface area contributed by atoms with E-state index in [1.54, 1.807) is 19.3 Å². The highest BCUT2D eigenvalue weighted by atomic mass is 16.3. The van der Waals surface area contributed by atoms with Crippen LogP contribution in [0.2, 0.25) is 0 Å². The Morgan fingerprint density at radius 2 is 1.82 bits per heavy atom. The lowest BCUT2D eigenvalue weighted by Gasteiger charge is -2.20. The van der Waals surface area contributed by atoms with Crippen LogP contribution in [0.15, 0.2) is 41.0 Å². The molecule has 1 N–H and O–H groups in total. The Labute approximate surface area is 132 Å². The Kier molecular flexibility index (Phi) is 5.78. The average molecular weight is 300 g/mol. The van der Waals surface area contributed by atoms with Gasteiger partial charge in [-0.05, 0) is 37.2 Å². The Bertz CT molecular complexity index is 615. The van der Waals surface area contributed by atoms with Crippen LogP contribution < -0.4 is 5.32 Å². The molecule has 4 nitrogen and oxygen atoms in total. The topological polar surface area (TPSA) is 45.5 Å². The fourth-order valence-corrected chi connectivity index (χ4v) is 2.46. The molecule has 4 heteroatoms. The van der Waals surface area contributed by atoms with Crippen LogP contribution in [0, 0.1) is 6.92 Å². The third-order valence-corrected chi connectivity index (χ3v) is 3.95. The summed E-state index contributed by atoms with van der Waals surface area (Å²) in [6, 6.07) is 9.96. The molecule has 0 aliphatic carbocycles. The van der Waals surface area contributed by atoms with Crippen LogP contribution in [0.25, 0.3) is 0 Å². The van der Waals surface area contributed by atoms with Crippen LogP contribution >= 0.6 is 0 Å². The van der Waals surface area contributed by atoms with E-state index in [4.69, 9.17) is 4.42 Å².